The average molecular weight is 723 g/mol. The van der Waals surface area contributed by atoms with E-state index in [0.717, 1.165) is 0 Å². The van der Waals surface area contributed by atoms with E-state index < -0.39 is 48.4 Å². The Balaban J connectivity index is -0.000000113. The quantitative estimate of drug-likeness (QED) is 0.104. The smallest absolute Gasteiger partial charge is 0 e. The molecule has 0 fully saturated rings. The summed E-state index contributed by atoms with van der Waals surface area (Å²) in [5.74, 6) is 0. The van der Waals surface area contributed by atoms with E-state index in [1.54, 1.807) is 0 Å². The predicted molar refractivity (Wildman–Crippen MR) is 167 cm³/mol. The molecule has 0 N–H and O–H groups in total. The predicted octanol–water partition coefficient (Wildman–Crippen LogP) is 8.19. The topological polar surface area (TPSA) is 19.9 Å². The van der Waals surface area contributed by atoms with E-state index in [4.69, 9.17) is 4.65 Å². The van der Waals surface area contributed by atoms with Crippen LogP contribution in [0.2, 0.25) is 118 Å². The molecular weight excluding hydrogens is 669 g/mol. The number of rotatable bonds is 0. The van der Waals surface area contributed by atoms with Crippen molar-refractivity contribution in [3.8, 4) is 33.3 Å². The van der Waals surface area contributed by atoms with Crippen LogP contribution in [0.5, 0.6) is 0 Å². The van der Waals surface area contributed by atoms with Crippen LogP contribution in [0.25, 0.3) is 0 Å². The molecule has 0 unspecified atom stereocenters. The van der Waals surface area contributed by atoms with Crippen molar-refractivity contribution in [1.29, 1.82) is 0 Å². The van der Waals surface area contributed by atoms with Gasteiger partial charge in [-0.25, -0.2) is 0 Å². The molecule has 0 amide bonds. The Morgan fingerprint density at radius 2 is 0.364 bits per heavy atom. The molecule has 8 heteroatoms. The summed E-state index contributed by atoms with van der Waals surface area (Å²) in [5, 5.41) is 0. The van der Waals surface area contributed by atoms with Crippen LogP contribution in [0.15, 0.2) is 0 Å². The summed E-state index contributed by atoms with van der Waals surface area (Å²) in [4.78, 5) is 0. The minimum Gasteiger partial charge on any atom is 0 e. The zero-order chi connectivity index (χ0) is 27.2. The molecule has 0 bridgehead atoms. The van der Waals surface area contributed by atoms with Gasteiger partial charge in [0.2, 0.25) is 0 Å². The van der Waals surface area contributed by atoms with Gasteiger partial charge in [0, 0.05) is 21.1 Å². The van der Waals surface area contributed by atoms with Crippen LogP contribution in [0.4, 0.5) is 0 Å². The summed E-state index contributed by atoms with van der Waals surface area (Å²) in [7, 11) is -6.56. The second-order valence-corrected chi connectivity index (χ2v) is 42.8. The molecule has 0 aliphatic heterocycles. The molecule has 0 aromatic heterocycles. The fourth-order valence-corrected chi connectivity index (χ4v) is 10.1. The maximum Gasteiger partial charge on any atom is 0 e. The Morgan fingerprint density at radius 3 is 0.394 bits per heavy atom. The molecule has 0 heterocycles. The SMILES string of the molecule is C[Si](C)(C)C#C[Si](C)(C)C.C[Si](C)(C)C#C[Si](C)(C)C.C[Si](C)(C)C#C[Si](C)(C)C.[C-]#[O+].[W]. The maximum atomic E-state index is 7.50. The van der Waals surface area contributed by atoms with E-state index in [-0.39, 0.29) is 21.1 Å². The van der Waals surface area contributed by atoms with Gasteiger partial charge in [0.1, 0.15) is 48.4 Å². The molecular formula is C25H54OSi6W. The molecule has 0 spiro atoms. The number of hydrogen-bond donors (Lipinski definition) is 0. The van der Waals surface area contributed by atoms with Gasteiger partial charge in [0.25, 0.3) is 0 Å². The third-order valence-electron chi connectivity index (χ3n) is 2.44. The van der Waals surface area contributed by atoms with Gasteiger partial charge in [-0.2, -0.15) is 0 Å². The molecule has 0 saturated carbocycles. The van der Waals surface area contributed by atoms with Crippen molar-refractivity contribution in [2.75, 3.05) is 0 Å². The van der Waals surface area contributed by atoms with Crippen LogP contribution >= 0.6 is 0 Å². The molecule has 33 heavy (non-hydrogen) atoms. The van der Waals surface area contributed by atoms with Gasteiger partial charge in [-0.3, -0.25) is 0 Å². The van der Waals surface area contributed by atoms with Crippen molar-refractivity contribution >= 4 is 48.4 Å². The minimum absolute atomic E-state index is 0. The van der Waals surface area contributed by atoms with E-state index in [9.17, 15) is 0 Å². The fraction of sp³-hybridized carbons (Fsp3) is 0.720. The summed E-state index contributed by atoms with van der Waals surface area (Å²) in [6.45, 7) is 45.8. The van der Waals surface area contributed by atoms with Crippen molar-refractivity contribution in [3.63, 3.8) is 0 Å². The fourth-order valence-electron chi connectivity index (χ4n) is 1.12. The first-order valence-corrected chi connectivity index (χ1v) is 32.5. The maximum absolute atomic E-state index is 7.50. The van der Waals surface area contributed by atoms with Crippen molar-refractivity contribution in [2.45, 2.75) is 118 Å². The molecule has 0 aromatic carbocycles. The first kappa shape index (κ1) is 43.5. The molecule has 0 aromatic rings. The first-order chi connectivity index (χ1) is 13.6. The molecule has 0 radical (unpaired) electrons. The second kappa shape index (κ2) is 17.8. The third-order valence-corrected chi connectivity index (χ3v) is 8.44. The molecule has 0 saturated heterocycles. The molecule has 0 rings (SSSR count). The zero-order valence-corrected chi connectivity index (χ0v) is 34.2. The van der Waals surface area contributed by atoms with Crippen molar-refractivity contribution < 1.29 is 25.7 Å². The van der Waals surface area contributed by atoms with E-state index >= 15 is 0 Å². The number of hydrogen-bond acceptors (Lipinski definition) is 0. The zero-order valence-electron chi connectivity index (χ0n) is 25.3. The second-order valence-electron chi connectivity index (χ2n) is 14.2. The summed E-state index contributed by atoms with van der Waals surface area (Å²) < 4.78 is 7.50. The van der Waals surface area contributed by atoms with Gasteiger partial charge in [-0.05, 0) is 0 Å². The third kappa shape index (κ3) is 65.4. The van der Waals surface area contributed by atoms with Gasteiger partial charge in [0.15, 0.2) is 0 Å². The van der Waals surface area contributed by atoms with Gasteiger partial charge in [0.05, 0.1) is 0 Å². The van der Waals surface area contributed by atoms with Crippen molar-refractivity contribution in [1.82, 2.24) is 0 Å². The van der Waals surface area contributed by atoms with Gasteiger partial charge < -0.3 is 0 Å². The molecule has 0 aliphatic carbocycles. The van der Waals surface area contributed by atoms with Gasteiger partial charge in [-0.15, -0.1) is 33.3 Å². The Kier molecular flexibility index (Phi) is 23.4. The summed E-state index contributed by atoms with van der Waals surface area (Å²) in [5.41, 5.74) is 20.5. The van der Waals surface area contributed by atoms with Crippen LogP contribution in [0.3, 0.4) is 0 Å². The Hall–Kier alpha value is 0.410. The molecule has 0 atom stereocenters. The van der Waals surface area contributed by atoms with Crippen LogP contribution < -0.4 is 0 Å². The average Bonchev–Trinajstić information content (AvgIpc) is 2.49. The first-order valence-electron chi connectivity index (χ1n) is 11.5. The van der Waals surface area contributed by atoms with E-state index in [1.165, 1.54) is 0 Å². The Labute approximate surface area is 230 Å². The van der Waals surface area contributed by atoms with Crippen LogP contribution in [-0.2, 0) is 25.7 Å². The van der Waals surface area contributed by atoms with E-state index in [1.807, 2.05) is 0 Å². The van der Waals surface area contributed by atoms with E-state index in [0.29, 0.717) is 0 Å². The van der Waals surface area contributed by atoms with Crippen LogP contribution in [-0.4, -0.2) is 48.4 Å². The molecule has 1 nitrogen and oxygen atoms in total. The van der Waals surface area contributed by atoms with Crippen molar-refractivity contribution in [3.05, 3.63) is 6.65 Å². The minimum atomic E-state index is -1.09. The Morgan fingerprint density at radius 1 is 0.303 bits per heavy atom. The molecule has 190 valence electrons. The normalized spacial score (nSPS) is 11.2. The van der Waals surface area contributed by atoms with Crippen molar-refractivity contribution in [2.24, 2.45) is 0 Å². The van der Waals surface area contributed by atoms with E-state index in [2.05, 4.69) is 158 Å². The largest absolute Gasteiger partial charge is 0 e. The summed E-state index contributed by atoms with van der Waals surface area (Å²) in [6.07, 6.45) is 0. The van der Waals surface area contributed by atoms with Crippen LogP contribution in [0, 0.1) is 39.9 Å². The molecule has 0 aliphatic rings. The standard InChI is InChI=1S/3C8H18Si2.CO.W/c3*1-9(2,3)7-8-10(4,5)6;1-2;/h3*1-6H3;;. The monoisotopic (exact) mass is 722 g/mol. The van der Waals surface area contributed by atoms with Gasteiger partial charge >= 0.3 is 11.3 Å². The van der Waals surface area contributed by atoms with Crippen LogP contribution in [0.1, 0.15) is 0 Å². The Bertz CT molecular complexity index is 574. The van der Waals surface area contributed by atoms with Gasteiger partial charge in [-0.1, -0.05) is 118 Å². The summed E-state index contributed by atoms with van der Waals surface area (Å²) >= 11 is 0. The summed E-state index contributed by atoms with van der Waals surface area (Å²) in [6, 6.07) is 0.